The highest BCUT2D eigenvalue weighted by molar-refractivity contribution is 9.10. The van der Waals surface area contributed by atoms with Crippen LogP contribution in [-0.2, 0) is 4.74 Å². The number of carbonyl (C=O) groups is 1. The molecule has 1 fully saturated rings. The van der Waals surface area contributed by atoms with Gasteiger partial charge in [-0.15, -0.1) is 0 Å². The lowest BCUT2D eigenvalue weighted by molar-refractivity contribution is 0.0203. The number of nitrogens with zero attached hydrogens (tertiary/aromatic N) is 3. The van der Waals surface area contributed by atoms with Gasteiger partial charge in [0, 0.05) is 30.6 Å². The molecule has 30 heavy (non-hydrogen) atoms. The van der Waals surface area contributed by atoms with E-state index in [0.29, 0.717) is 18.7 Å². The smallest absolute Gasteiger partial charge is 0.410 e. The Kier molecular flexibility index (Phi) is 5.44. The average Bonchev–Trinajstić information content (AvgIpc) is 3.03. The second-order valence-corrected chi connectivity index (χ2v) is 9.38. The first-order valence-electron chi connectivity index (χ1n) is 10.1. The molecular weight excluding hydrogens is 448 g/mol. The van der Waals surface area contributed by atoms with E-state index in [-0.39, 0.29) is 17.6 Å². The number of benzene rings is 1. The SMILES string of the molecule is CC(C)(C)OC(=O)N1CCC(c2cc(=O)[nH]c3c(Br)c(-c4ccccc4)nn23)CC1. The van der Waals surface area contributed by atoms with E-state index in [4.69, 9.17) is 9.84 Å². The Bertz CT molecular complexity index is 1120. The molecule has 8 heteroatoms. The van der Waals surface area contributed by atoms with Crippen molar-refractivity contribution in [3.8, 4) is 11.3 Å². The van der Waals surface area contributed by atoms with Gasteiger partial charge in [-0.05, 0) is 49.5 Å². The van der Waals surface area contributed by atoms with Gasteiger partial charge in [-0.1, -0.05) is 30.3 Å². The van der Waals surface area contributed by atoms with Crippen molar-refractivity contribution in [1.82, 2.24) is 19.5 Å². The maximum absolute atomic E-state index is 12.4. The third-order valence-electron chi connectivity index (χ3n) is 5.20. The fourth-order valence-corrected chi connectivity index (χ4v) is 4.37. The number of fused-ring (bicyclic) bond motifs is 1. The largest absolute Gasteiger partial charge is 0.444 e. The lowest BCUT2D eigenvalue weighted by Crippen LogP contribution is -2.41. The van der Waals surface area contributed by atoms with Crippen molar-refractivity contribution in [2.45, 2.75) is 45.1 Å². The van der Waals surface area contributed by atoms with E-state index >= 15 is 0 Å². The van der Waals surface area contributed by atoms with Gasteiger partial charge in [-0.25, -0.2) is 9.31 Å². The van der Waals surface area contributed by atoms with E-state index in [9.17, 15) is 9.59 Å². The summed E-state index contributed by atoms with van der Waals surface area (Å²) < 4.78 is 8.07. The highest BCUT2D eigenvalue weighted by Crippen LogP contribution is 2.33. The van der Waals surface area contributed by atoms with Gasteiger partial charge in [0.15, 0.2) is 5.65 Å². The number of piperidine rings is 1. The molecule has 3 aromatic rings. The zero-order chi connectivity index (χ0) is 21.5. The molecule has 1 aliphatic heterocycles. The first-order chi connectivity index (χ1) is 14.2. The standard InChI is InChI=1S/C22H25BrN4O3/c1-22(2,3)30-21(29)26-11-9-14(10-12-26)16-13-17(28)24-20-18(23)19(25-27(16)20)15-7-5-4-6-8-15/h4-8,13-14H,9-12H2,1-3H3,(H,24,28). The van der Waals surface area contributed by atoms with Crippen molar-refractivity contribution >= 4 is 27.7 Å². The molecule has 0 unspecified atom stereocenters. The first-order valence-corrected chi connectivity index (χ1v) is 10.9. The van der Waals surface area contributed by atoms with Crippen LogP contribution in [0.3, 0.4) is 0 Å². The van der Waals surface area contributed by atoms with Gasteiger partial charge in [-0.2, -0.15) is 5.10 Å². The molecule has 3 heterocycles. The number of aromatic nitrogens is 3. The van der Waals surface area contributed by atoms with Crippen LogP contribution in [0.1, 0.15) is 45.2 Å². The maximum Gasteiger partial charge on any atom is 0.410 e. The van der Waals surface area contributed by atoms with E-state index in [1.165, 1.54) is 0 Å². The summed E-state index contributed by atoms with van der Waals surface area (Å²) in [5.41, 5.74) is 2.59. The van der Waals surface area contributed by atoms with Crippen molar-refractivity contribution < 1.29 is 9.53 Å². The van der Waals surface area contributed by atoms with Gasteiger partial charge in [0.1, 0.15) is 11.3 Å². The zero-order valence-electron chi connectivity index (χ0n) is 17.3. The second kappa shape index (κ2) is 7.91. The normalized spacial score (nSPS) is 15.5. The van der Waals surface area contributed by atoms with Crippen molar-refractivity contribution in [2.75, 3.05) is 13.1 Å². The highest BCUT2D eigenvalue weighted by Gasteiger charge is 2.29. The van der Waals surface area contributed by atoms with E-state index in [2.05, 4.69) is 20.9 Å². The van der Waals surface area contributed by atoms with Crippen LogP contribution in [-0.4, -0.2) is 44.3 Å². The summed E-state index contributed by atoms with van der Waals surface area (Å²) in [4.78, 5) is 29.4. The molecule has 4 rings (SSSR count). The number of aromatic amines is 1. The van der Waals surface area contributed by atoms with Crippen LogP contribution in [0.25, 0.3) is 16.9 Å². The van der Waals surface area contributed by atoms with Crippen LogP contribution in [0.15, 0.2) is 45.7 Å². The van der Waals surface area contributed by atoms with Gasteiger partial charge in [0.25, 0.3) is 5.56 Å². The summed E-state index contributed by atoms with van der Waals surface area (Å²) in [6.07, 6.45) is 1.21. The molecule has 158 valence electrons. The number of likely N-dealkylation sites (tertiary alicyclic amines) is 1. The summed E-state index contributed by atoms with van der Waals surface area (Å²) in [7, 11) is 0. The molecule has 1 saturated heterocycles. The summed E-state index contributed by atoms with van der Waals surface area (Å²) in [5.74, 6) is 0.129. The summed E-state index contributed by atoms with van der Waals surface area (Å²) in [6, 6.07) is 11.5. The molecule has 0 radical (unpaired) electrons. The van der Waals surface area contributed by atoms with Gasteiger partial charge >= 0.3 is 6.09 Å². The summed E-state index contributed by atoms with van der Waals surface area (Å²) in [5, 5.41) is 4.80. The molecule has 1 amide bonds. The fourth-order valence-electron chi connectivity index (χ4n) is 3.80. The molecule has 1 N–H and O–H groups in total. The average molecular weight is 473 g/mol. The van der Waals surface area contributed by atoms with Crippen molar-refractivity contribution in [1.29, 1.82) is 0 Å². The Morgan fingerprint density at radius 2 is 1.87 bits per heavy atom. The highest BCUT2D eigenvalue weighted by atomic mass is 79.9. The maximum atomic E-state index is 12.4. The van der Waals surface area contributed by atoms with Gasteiger partial charge in [0.05, 0.1) is 10.2 Å². The number of halogens is 1. The molecule has 0 spiro atoms. The summed E-state index contributed by atoms with van der Waals surface area (Å²) in [6.45, 7) is 6.77. The Morgan fingerprint density at radius 3 is 2.50 bits per heavy atom. The van der Waals surface area contributed by atoms with E-state index in [0.717, 1.165) is 34.3 Å². The lowest BCUT2D eigenvalue weighted by atomic mass is 9.93. The molecule has 0 saturated carbocycles. The Balaban J connectivity index is 1.62. The topological polar surface area (TPSA) is 79.7 Å². The molecule has 1 aliphatic rings. The van der Waals surface area contributed by atoms with Crippen LogP contribution in [0, 0.1) is 0 Å². The van der Waals surface area contributed by atoms with Crippen molar-refractivity contribution in [3.05, 3.63) is 56.9 Å². The third kappa shape index (κ3) is 4.14. The van der Waals surface area contributed by atoms with Crippen LogP contribution >= 0.6 is 15.9 Å². The van der Waals surface area contributed by atoms with E-state index in [1.807, 2.05) is 55.6 Å². The molecule has 0 bridgehead atoms. The predicted molar refractivity (Wildman–Crippen MR) is 119 cm³/mol. The number of nitrogens with one attached hydrogen (secondary N) is 1. The molecular formula is C22H25BrN4O3. The van der Waals surface area contributed by atoms with E-state index < -0.39 is 5.60 Å². The number of ether oxygens (including phenoxy) is 1. The molecule has 0 atom stereocenters. The molecule has 7 nitrogen and oxygen atoms in total. The quantitative estimate of drug-likeness (QED) is 0.592. The van der Waals surface area contributed by atoms with Gasteiger partial charge in [-0.3, -0.25) is 4.79 Å². The van der Waals surface area contributed by atoms with E-state index in [1.54, 1.807) is 11.0 Å². The Labute approximate surface area is 183 Å². The third-order valence-corrected chi connectivity index (χ3v) is 5.96. The number of H-pyrrole nitrogens is 1. The lowest BCUT2D eigenvalue weighted by Gasteiger charge is -2.33. The number of hydrogen-bond donors (Lipinski definition) is 1. The first kappa shape index (κ1) is 20.7. The van der Waals surface area contributed by atoms with Crippen LogP contribution in [0.4, 0.5) is 4.79 Å². The number of carbonyl (C=O) groups excluding carboxylic acids is 1. The number of hydrogen-bond acceptors (Lipinski definition) is 4. The number of rotatable bonds is 2. The van der Waals surface area contributed by atoms with Gasteiger partial charge < -0.3 is 14.6 Å². The number of amides is 1. The van der Waals surface area contributed by atoms with Crippen LogP contribution in [0.2, 0.25) is 0 Å². The predicted octanol–water partition coefficient (Wildman–Crippen LogP) is 4.57. The minimum atomic E-state index is -0.512. The fraction of sp³-hybridized carbons (Fsp3) is 0.409. The van der Waals surface area contributed by atoms with Crippen molar-refractivity contribution in [2.24, 2.45) is 0 Å². The Morgan fingerprint density at radius 1 is 1.20 bits per heavy atom. The van der Waals surface area contributed by atoms with Crippen LogP contribution in [0.5, 0.6) is 0 Å². The van der Waals surface area contributed by atoms with Crippen LogP contribution < -0.4 is 5.56 Å². The molecule has 1 aromatic carbocycles. The second-order valence-electron chi connectivity index (χ2n) is 8.59. The molecule has 2 aromatic heterocycles. The molecule has 0 aliphatic carbocycles. The Hall–Kier alpha value is -2.61. The zero-order valence-corrected chi connectivity index (χ0v) is 18.9. The van der Waals surface area contributed by atoms with Crippen molar-refractivity contribution in [3.63, 3.8) is 0 Å². The minimum absolute atomic E-state index is 0.129. The van der Waals surface area contributed by atoms with Gasteiger partial charge in [0.2, 0.25) is 0 Å². The monoisotopic (exact) mass is 472 g/mol. The minimum Gasteiger partial charge on any atom is -0.444 e. The summed E-state index contributed by atoms with van der Waals surface area (Å²) >= 11 is 3.61.